The Morgan fingerprint density at radius 2 is 1.72 bits per heavy atom. The lowest BCUT2D eigenvalue weighted by Crippen LogP contribution is -2.30. The predicted molar refractivity (Wildman–Crippen MR) is 126 cm³/mol. The van der Waals surface area contributed by atoms with E-state index in [-0.39, 0.29) is 28.6 Å². The van der Waals surface area contributed by atoms with Crippen molar-refractivity contribution in [2.24, 2.45) is 5.92 Å². The summed E-state index contributed by atoms with van der Waals surface area (Å²) < 4.78 is 43.7. The van der Waals surface area contributed by atoms with Crippen molar-refractivity contribution in [1.29, 1.82) is 0 Å². The number of allylic oxidation sites excluding steroid dienone is 2. The first-order valence-corrected chi connectivity index (χ1v) is 12.2. The highest BCUT2D eigenvalue weighted by Crippen LogP contribution is 2.50. The van der Waals surface area contributed by atoms with Crippen LogP contribution in [0, 0.1) is 25.6 Å². The fraction of sp³-hybridized carbons (Fsp3) is 0.231. The van der Waals surface area contributed by atoms with Crippen LogP contribution in [0.5, 0.6) is 0 Å². The van der Waals surface area contributed by atoms with Crippen LogP contribution in [0.3, 0.4) is 0 Å². The number of rotatable bonds is 4. The summed E-state index contributed by atoms with van der Waals surface area (Å²) >= 11 is 0. The molecule has 0 aromatic heterocycles. The molecule has 2 N–H and O–H groups in total. The standard InChI is InChI=1S/C26H25FN2O2S/c1-16-7-5-8-17(2)25(16)29-32(30,31)18-13-14-24-22(15-18)19-10-6-11-20(19)26(28-24)21-9-3-4-12-23(21)27/h3-10,12-15,19-20,26,28-29H,11H2,1-2H3/t19?,20?,26-/m0/s1. The molecular weight excluding hydrogens is 423 g/mol. The molecule has 0 fully saturated rings. The second kappa shape index (κ2) is 7.78. The number of anilines is 2. The van der Waals surface area contributed by atoms with E-state index >= 15 is 0 Å². The summed E-state index contributed by atoms with van der Waals surface area (Å²) in [5, 5.41) is 3.48. The molecule has 0 radical (unpaired) electrons. The smallest absolute Gasteiger partial charge is 0.261 e. The number of fused-ring (bicyclic) bond motifs is 3. The lowest BCUT2D eigenvalue weighted by molar-refractivity contribution is 0.413. The number of sulfonamides is 1. The molecule has 3 aromatic rings. The van der Waals surface area contributed by atoms with Crippen molar-refractivity contribution < 1.29 is 12.8 Å². The molecule has 0 bridgehead atoms. The Morgan fingerprint density at radius 3 is 2.47 bits per heavy atom. The Bertz CT molecular complexity index is 1310. The lowest BCUT2D eigenvalue weighted by atomic mass is 9.77. The molecule has 1 aliphatic carbocycles. The number of nitrogens with one attached hydrogen (secondary N) is 2. The number of halogens is 1. The van der Waals surface area contributed by atoms with Crippen LogP contribution in [-0.4, -0.2) is 8.42 Å². The van der Waals surface area contributed by atoms with E-state index in [0.29, 0.717) is 11.3 Å². The monoisotopic (exact) mass is 448 g/mol. The van der Waals surface area contributed by atoms with Gasteiger partial charge in [-0.05, 0) is 67.1 Å². The van der Waals surface area contributed by atoms with Gasteiger partial charge >= 0.3 is 0 Å². The first-order valence-electron chi connectivity index (χ1n) is 10.8. The second-order valence-corrected chi connectivity index (χ2v) is 10.3. The fourth-order valence-electron chi connectivity index (χ4n) is 4.94. The van der Waals surface area contributed by atoms with Crippen molar-refractivity contribution in [3.8, 4) is 0 Å². The van der Waals surface area contributed by atoms with Gasteiger partial charge in [-0.3, -0.25) is 4.72 Å². The summed E-state index contributed by atoms with van der Waals surface area (Å²) in [4.78, 5) is 0.226. The number of benzene rings is 3. The minimum Gasteiger partial charge on any atom is -0.378 e. The highest BCUT2D eigenvalue weighted by Gasteiger charge is 2.39. The first kappa shape index (κ1) is 20.8. The van der Waals surface area contributed by atoms with Crippen molar-refractivity contribution >= 4 is 21.4 Å². The van der Waals surface area contributed by atoms with Crippen LogP contribution in [0.15, 0.2) is 77.7 Å². The molecule has 2 unspecified atom stereocenters. The fourth-order valence-corrected chi connectivity index (χ4v) is 6.18. The number of aryl methyl sites for hydroxylation is 2. The van der Waals surface area contributed by atoms with Gasteiger partial charge in [0.1, 0.15) is 5.82 Å². The van der Waals surface area contributed by atoms with E-state index < -0.39 is 10.0 Å². The third kappa shape index (κ3) is 3.48. The summed E-state index contributed by atoms with van der Waals surface area (Å²) in [6, 6.07) is 17.5. The van der Waals surface area contributed by atoms with E-state index in [1.54, 1.807) is 24.3 Å². The minimum atomic E-state index is -3.75. The molecule has 6 heteroatoms. The topological polar surface area (TPSA) is 58.2 Å². The summed E-state index contributed by atoms with van der Waals surface area (Å²) in [6.07, 6.45) is 5.04. The van der Waals surface area contributed by atoms with Crippen molar-refractivity contribution in [3.05, 3.63) is 101 Å². The molecule has 3 aromatic carbocycles. The van der Waals surface area contributed by atoms with Crippen LogP contribution in [0.1, 0.15) is 40.6 Å². The van der Waals surface area contributed by atoms with Crippen molar-refractivity contribution in [1.82, 2.24) is 0 Å². The lowest BCUT2D eigenvalue weighted by Gasteiger charge is -2.37. The van der Waals surface area contributed by atoms with E-state index in [1.165, 1.54) is 6.07 Å². The number of hydrogen-bond donors (Lipinski definition) is 2. The molecule has 0 spiro atoms. The van der Waals surface area contributed by atoms with Gasteiger partial charge in [-0.15, -0.1) is 0 Å². The van der Waals surface area contributed by atoms with E-state index in [0.717, 1.165) is 28.8 Å². The van der Waals surface area contributed by atoms with Crippen LogP contribution in [0.25, 0.3) is 0 Å². The largest absolute Gasteiger partial charge is 0.378 e. The quantitative estimate of drug-likeness (QED) is 0.476. The molecule has 0 amide bonds. The van der Waals surface area contributed by atoms with Gasteiger partial charge in [0.05, 0.1) is 16.6 Å². The predicted octanol–water partition coefficient (Wildman–Crippen LogP) is 6.07. The van der Waals surface area contributed by atoms with E-state index in [4.69, 9.17) is 0 Å². The maximum atomic E-state index is 14.6. The Kier molecular flexibility index (Phi) is 5.05. The molecule has 1 heterocycles. The average Bonchev–Trinajstić information content (AvgIpc) is 3.26. The molecule has 5 rings (SSSR count). The van der Waals surface area contributed by atoms with E-state index in [2.05, 4.69) is 22.2 Å². The Hall–Kier alpha value is -3.12. The molecule has 1 aliphatic heterocycles. The maximum absolute atomic E-state index is 14.6. The molecule has 3 atom stereocenters. The van der Waals surface area contributed by atoms with Gasteiger partial charge in [-0.25, -0.2) is 12.8 Å². The molecule has 0 saturated carbocycles. The molecule has 32 heavy (non-hydrogen) atoms. The summed E-state index contributed by atoms with van der Waals surface area (Å²) in [6.45, 7) is 3.77. The van der Waals surface area contributed by atoms with E-state index in [1.807, 2.05) is 44.2 Å². The summed E-state index contributed by atoms with van der Waals surface area (Å²) in [5.41, 5.74) is 4.78. The zero-order valence-corrected chi connectivity index (χ0v) is 18.8. The minimum absolute atomic E-state index is 0.0335. The van der Waals surface area contributed by atoms with Crippen molar-refractivity contribution in [3.63, 3.8) is 0 Å². The summed E-state index contributed by atoms with van der Waals surface area (Å²) in [5.74, 6) is -0.0637. The van der Waals surface area contributed by atoms with Gasteiger partial charge < -0.3 is 5.32 Å². The summed E-state index contributed by atoms with van der Waals surface area (Å²) in [7, 11) is -3.75. The number of hydrogen-bond acceptors (Lipinski definition) is 3. The first-order chi connectivity index (χ1) is 15.3. The maximum Gasteiger partial charge on any atom is 0.261 e. The second-order valence-electron chi connectivity index (χ2n) is 8.62. The number of para-hydroxylation sites is 1. The van der Waals surface area contributed by atoms with Crippen LogP contribution >= 0.6 is 0 Å². The molecule has 4 nitrogen and oxygen atoms in total. The van der Waals surface area contributed by atoms with Crippen LogP contribution in [0.4, 0.5) is 15.8 Å². The van der Waals surface area contributed by atoms with Crippen molar-refractivity contribution in [2.45, 2.75) is 37.1 Å². The molecule has 0 saturated heterocycles. The van der Waals surface area contributed by atoms with Gasteiger partial charge in [-0.2, -0.15) is 0 Å². The van der Waals surface area contributed by atoms with Crippen LogP contribution in [-0.2, 0) is 10.0 Å². The highest BCUT2D eigenvalue weighted by molar-refractivity contribution is 7.92. The third-order valence-electron chi connectivity index (χ3n) is 6.60. The Morgan fingerprint density at radius 1 is 0.969 bits per heavy atom. The van der Waals surface area contributed by atoms with Crippen molar-refractivity contribution in [2.75, 3.05) is 10.0 Å². The Balaban J connectivity index is 1.52. The van der Waals surface area contributed by atoms with Gasteiger partial charge in [0.15, 0.2) is 0 Å². The highest BCUT2D eigenvalue weighted by atomic mass is 32.2. The Labute approximate surface area is 188 Å². The zero-order valence-electron chi connectivity index (χ0n) is 18.0. The van der Waals surface area contributed by atoms with Gasteiger partial charge in [0, 0.05) is 17.2 Å². The zero-order chi connectivity index (χ0) is 22.5. The van der Waals surface area contributed by atoms with Crippen LogP contribution < -0.4 is 10.0 Å². The SMILES string of the molecule is Cc1cccc(C)c1NS(=O)(=O)c1ccc2c(c1)C1C=CCC1[C@@H](c1ccccc1F)N2. The van der Waals surface area contributed by atoms with E-state index in [9.17, 15) is 12.8 Å². The molecule has 2 aliphatic rings. The van der Waals surface area contributed by atoms with Gasteiger partial charge in [-0.1, -0.05) is 48.6 Å². The molecular formula is C26H25FN2O2S. The normalized spacial score (nSPS) is 21.5. The average molecular weight is 449 g/mol. The molecule has 164 valence electrons. The van der Waals surface area contributed by atoms with Crippen LogP contribution in [0.2, 0.25) is 0 Å². The van der Waals surface area contributed by atoms with Gasteiger partial charge in [0.2, 0.25) is 0 Å². The third-order valence-corrected chi connectivity index (χ3v) is 7.95. The van der Waals surface area contributed by atoms with Gasteiger partial charge in [0.25, 0.3) is 10.0 Å².